The molecule has 0 fully saturated rings. The van der Waals surface area contributed by atoms with Crippen LogP contribution in [0.3, 0.4) is 0 Å². The number of anilines is 1. The van der Waals surface area contributed by atoms with E-state index in [-0.39, 0.29) is 19.4 Å². The Kier molecular flexibility index (Phi) is 9.04. The van der Waals surface area contributed by atoms with Crippen LogP contribution in [-0.4, -0.2) is 31.1 Å². The number of rotatable bonds is 10. The van der Waals surface area contributed by atoms with Gasteiger partial charge in [0.2, 0.25) is 5.91 Å². The molecule has 3 aromatic carbocycles. The van der Waals surface area contributed by atoms with Crippen LogP contribution in [-0.2, 0) is 25.7 Å². The lowest BCUT2D eigenvalue weighted by molar-refractivity contribution is -0.140. The molecule has 3 rings (SSSR count). The molecule has 0 spiro atoms. The first kappa shape index (κ1) is 24.3. The lowest BCUT2D eigenvalue weighted by Gasteiger charge is -2.18. The molecule has 3 aromatic rings. The number of nitrogens with one attached hydrogen (secondary N) is 2. The number of hydrogen-bond donors (Lipinski definition) is 2. The van der Waals surface area contributed by atoms with Gasteiger partial charge in [0.05, 0.1) is 7.11 Å². The number of amides is 2. The van der Waals surface area contributed by atoms with E-state index in [0.717, 1.165) is 5.56 Å². The van der Waals surface area contributed by atoms with E-state index >= 15 is 0 Å². The predicted octanol–water partition coefficient (Wildman–Crippen LogP) is 4.67. The maximum absolute atomic E-state index is 12.9. The molecular weight excluding hydrogens is 436 g/mol. The molecule has 0 aliphatic heterocycles. The van der Waals surface area contributed by atoms with Crippen LogP contribution in [0, 0.1) is 0 Å². The number of hydrogen-bond acceptors (Lipinski definition) is 6. The number of para-hydroxylation sites is 1. The second-order valence-electron chi connectivity index (χ2n) is 7.31. The summed E-state index contributed by atoms with van der Waals surface area (Å²) < 4.78 is 15.7. The quantitative estimate of drug-likeness (QED) is 0.425. The van der Waals surface area contributed by atoms with Crippen molar-refractivity contribution in [2.75, 3.05) is 12.4 Å². The Morgan fingerprint density at radius 1 is 0.853 bits per heavy atom. The van der Waals surface area contributed by atoms with Gasteiger partial charge in [-0.05, 0) is 36.2 Å². The summed E-state index contributed by atoms with van der Waals surface area (Å²) in [5.74, 6) is 0.197. The Morgan fingerprint density at radius 3 is 2.24 bits per heavy atom. The highest BCUT2D eigenvalue weighted by atomic mass is 16.5. The Bertz CT molecular complexity index is 1090. The molecule has 1 atom stereocenters. The Balaban J connectivity index is 1.62. The van der Waals surface area contributed by atoms with Crippen LogP contribution in [0.4, 0.5) is 10.5 Å². The smallest absolute Gasteiger partial charge is 0.408 e. The van der Waals surface area contributed by atoms with Gasteiger partial charge in [-0.2, -0.15) is 0 Å². The topological polar surface area (TPSA) is 103 Å². The minimum absolute atomic E-state index is 0.0408. The fourth-order valence-electron chi connectivity index (χ4n) is 3.03. The molecule has 0 bridgehead atoms. The SMILES string of the molecule is COC(=O)CCC(NC(=O)OCc1ccccc1)C(=O)Nc1cccc(Oc2ccccc2)c1. The van der Waals surface area contributed by atoms with Crippen LogP contribution in [0.2, 0.25) is 0 Å². The number of carbonyl (C=O) groups is 3. The Hall–Kier alpha value is -4.33. The van der Waals surface area contributed by atoms with Gasteiger partial charge in [0, 0.05) is 18.2 Å². The minimum Gasteiger partial charge on any atom is -0.469 e. The minimum atomic E-state index is -1.01. The number of benzene rings is 3. The van der Waals surface area contributed by atoms with E-state index in [9.17, 15) is 14.4 Å². The van der Waals surface area contributed by atoms with Crippen molar-refractivity contribution >= 4 is 23.7 Å². The molecule has 0 saturated carbocycles. The van der Waals surface area contributed by atoms with Crippen LogP contribution >= 0.6 is 0 Å². The van der Waals surface area contributed by atoms with E-state index in [4.69, 9.17) is 9.47 Å². The summed E-state index contributed by atoms with van der Waals surface area (Å²) in [6, 6.07) is 24.2. The molecular formula is C26H26N2O6. The maximum atomic E-state index is 12.9. The number of carbonyl (C=O) groups excluding carboxylic acids is 3. The predicted molar refractivity (Wildman–Crippen MR) is 126 cm³/mol. The number of esters is 1. The molecule has 0 saturated heterocycles. The standard InChI is InChI=1S/C26H26N2O6/c1-32-24(29)16-15-23(28-26(31)33-18-19-9-4-2-5-10-19)25(30)27-20-11-8-14-22(17-20)34-21-12-6-3-7-13-21/h2-14,17,23H,15-16,18H2,1H3,(H,27,30)(H,28,31). The maximum Gasteiger partial charge on any atom is 0.408 e. The van der Waals surface area contributed by atoms with Crippen molar-refractivity contribution in [2.24, 2.45) is 0 Å². The lowest BCUT2D eigenvalue weighted by atomic mass is 10.1. The van der Waals surface area contributed by atoms with Crippen molar-refractivity contribution in [3.05, 3.63) is 90.5 Å². The first-order chi connectivity index (χ1) is 16.5. The average Bonchev–Trinajstić information content (AvgIpc) is 2.86. The van der Waals surface area contributed by atoms with Crippen LogP contribution in [0.1, 0.15) is 18.4 Å². The zero-order valence-corrected chi connectivity index (χ0v) is 18.7. The monoisotopic (exact) mass is 462 g/mol. The molecule has 0 aromatic heterocycles. The molecule has 176 valence electrons. The van der Waals surface area contributed by atoms with Gasteiger partial charge in [-0.25, -0.2) is 4.79 Å². The van der Waals surface area contributed by atoms with Gasteiger partial charge >= 0.3 is 12.1 Å². The number of alkyl carbamates (subject to hydrolysis) is 1. The van der Waals surface area contributed by atoms with Gasteiger partial charge in [0.25, 0.3) is 0 Å². The van der Waals surface area contributed by atoms with Crippen molar-refractivity contribution < 1.29 is 28.6 Å². The Morgan fingerprint density at radius 2 is 1.53 bits per heavy atom. The van der Waals surface area contributed by atoms with E-state index < -0.39 is 24.0 Å². The van der Waals surface area contributed by atoms with Gasteiger partial charge in [-0.3, -0.25) is 9.59 Å². The highest BCUT2D eigenvalue weighted by Crippen LogP contribution is 2.24. The third kappa shape index (κ3) is 7.98. The van der Waals surface area contributed by atoms with Gasteiger partial charge in [-0.15, -0.1) is 0 Å². The van der Waals surface area contributed by atoms with Crippen molar-refractivity contribution in [1.82, 2.24) is 5.32 Å². The Labute approximate surface area is 197 Å². The highest BCUT2D eigenvalue weighted by Gasteiger charge is 2.23. The fourth-order valence-corrected chi connectivity index (χ4v) is 3.03. The van der Waals surface area contributed by atoms with Crippen molar-refractivity contribution in [1.29, 1.82) is 0 Å². The molecule has 2 amide bonds. The molecule has 0 radical (unpaired) electrons. The summed E-state index contributed by atoms with van der Waals surface area (Å²) in [6.45, 7) is 0.0525. The van der Waals surface area contributed by atoms with Crippen LogP contribution in [0.25, 0.3) is 0 Å². The number of ether oxygens (including phenoxy) is 3. The molecule has 1 unspecified atom stereocenters. The van der Waals surface area contributed by atoms with E-state index in [0.29, 0.717) is 17.2 Å². The third-order valence-corrected chi connectivity index (χ3v) is 4.77. The van der Waals surface area contributed by atoms with Gasteiger partial charge < -0.3 is 24.8 Å². The lowest BCUT2D eigenvalue weighted by Crippen LogP contribution is -2.44. The van der Waals surface area contributed by atoms with E-state index in [2.05, 4.69) is 15.4 Å². The summed E-state index contributed by atoms with van der Waals surface area (Å²) in [5.41, 5.74) is 1.28. The molecule has 8 heteroatoms. The summed E-state index contributed by atoms with van der Waals surface area (Å²) in [4.78, 5) is 36.8. The number of methoxy groups -OCH3 is 1. The van der Waals surface area contributed by atoms with Gasteiger partial charge in [0.15, 0.2) is 0 Å². The van der Waals surface area contributed by atoms with Gasteiger partial charge in [-0.1, -0.05) is 54.6 Å². The van der Waals surface area contributed by atoms with Gasteiger partial charge in [0.1, 0.15) is 24.1 Å². The second kappa shape index (κ2) is 12.6. The molecule has 0 heterocycles. The summed E-state index contributed by atoms with van der Waals surface area (Å²) in [5, 5.41) is 5.28. The van der Waals surface area contributed by atoms with E-state index in [1.165, 1.54) is 7.11 Å². The summed E-state index contributed by atoms with van der Waals surface area (Å²) >= 11 is 0. The zero-order chi connectivity index (χ0) is 24.2. The van der Waals surface area contributed by atoms with Crippen molar-refractivity contribution in [3.63, 3.8) is 0 Å². The largest absolute Gasteiger partial charge is 0.469 e. The zero-order valence-electron chi connectivity index (χ0n) is 18.7. The average molecular weight is 463 g/mol. The molecule has 0 aliphatic carbocycles. The molecule has 8 nitrogen and oxygen atoms in total. The van der Waals surface area contributed by atoms with Crippen LogP contribution < -0.4 is 15.4 Å². The van der Waals surface area contributed by atoms with Crippen LogP contribution in [0.15, 0.2) is 84.9 Å². The van der Waals surface area contributed by atoms with Crippen LogP contribution in [0.5, 0.6) is 11.5 Å². The van der Waals surface area contributed by atoms with Crippen molar-refractivity contribution in [3.8, 4) is 11.5 Å². The first-order valence-corrected chi connectivity index (χ1v) is 10.7. The fraction of sp³-hybridized carbons (Fsp3) is 0.192. The normalized spacial score (nSPS) is 11.1. The third-order valence-electron chi connectivity index (χ3n) is 4.77. The second-order valence-corrected chi connectivity index (χ2v) is 7.31. The molecule has 2 N–H and O–H groups in total. The highest BCUT2D eigenvalue weighted by molar-refractivity contribution is 5.97. The van der Waals surface area contributed by atoms with E-state index in [1.54, 1.807) is 24.3 Å². The molecule has 0 aliphatic rings. The first-order valence-electron chi connectivity index (χ1n) is 10.7. The summed E-state index contributed by atoms with van der Waals surface area (Å²) in [6.07, 6.45) is -0.779. The van der Waals surface area contributed by atoms with E-state index in [1.807, 2.05) is 60.7 Å². The summed E-state index contributed by atoms with van der Waals surface area (Å²) in [7, 11) is 1.26. The molecule has 34 heavy (non-hydrogen) atoms. The van der Waals surface area contributed by atoms with Crippen molar-refractivity contribution in [2.45, 2.75) is 25.5 Å².